The Hall–Kier alpha value is -1.10. The summed E-state index contributed by atoms with van der Waals surface area (Å²) in [6.45, 7) is 4.55. The number of aliphatic hydroxyl groups excluding tert-OH is 1. The van der Waals surface area contributed by atoms with Crippen molar-refractivity contribution in [2.24, 2.45) is 0 Å². The molecule has 0 aliphatic rings. The summed E-state index contributed by atoms with van der Waals surface area (Å²) in [6, 6.07) is 3.41. The highest BCUT2D eigenvalue weighted by Crippen LogP contribution is 2.25. The molecule has 0 radical (unpaired) electrons. The zero-order chi connectivity index (χ0) is 14.0. The number of aliphatic hydroxyl groups is 1. The molecule has 2 heterocycles. The summed E-state index contributed by atoms with van der Waals surface area (Å²) >= 11 is 12.0. The van der Waals surface area contributed by atoms with Crippen LogP contribution in [0, 0.1) is 6.92 Å². The van der Waals surface area contributed by atoms with E-state index in [9.17, 15) is 5.11 Å². The van der Waals surface area contributed by atoms with Crippen molar-refractivity contribution in [2.45, 2.75) is 32.9 Å². The number of halogens is 2. The van der Waals surface area contributed by atoms with E-state index in [2.05, 4.69) is 10.1 Å². The molecule has 0 aliphatic carbocycles. The Morgan fingerprint density at radius 2 is 2.11 bits per heavy atom. The van der Waals surface area contributed by atoms with Crippen molar-refractivity contribution in [2.75, 3.05) is 0 Å². The number of nitrogens with zero attached hydrogens (tertiary/aromatic N) is 3. The standard InChI is InChI=1S/C13H15Cl2N3O/c1-3-18-11(13(15)8(2)17-18)6-12(19)10-5-4-9(14)7-16-10/h4-5,7,12,19H,3,6H2,1-2H3. The first-order valence-corrected chi connectivity index (χ1v) is 6.79. The SMILES string of the molecule is CCn1nc(C)c(Cl)c1CC(O)c1ccc(Cl)cn1. The molecule has 0 fully saturated rings. The van der Waals surface area contributed by atoms with E-state index in [1.807, 2.05) is 13.8 Å². The Morgan fingerprint density at radius 1 is 1.37 bits per heavy atom. The molecule has 102 valence electrons. The lowest BCUT2D eigenvalue weighted by Crippen LogP contribution is -2.09. The number of aromatic nitrogens is 3. The first kappa shape index (κ1) is 14.3. The smallest absolute Gasteiger partial charge is 0.101 e. The van der Waals surface area contributed by atoms with E-state index < -0.39 is 6.10 Å². The Kier molecular flexibility index (Phi) is 4.45. The van der Waals surface area contributed by atoms with E-state index in [1.165, 1.54) is 6.20 Å². The predicted octanol–water partition coefficient (Wildman–Crippen LogP) is 3.19. The van der Waals surface area contributed by atoms with E-state index in [0.29, 0.717) is 28.7 Å². The normalized spacial score (nSPS) is 12.7. The van der Waals surface area contributed by atoms with Crippen LogP contribution in [0.2, 0.25) is 10.0 Å². The summed E-state index contributed by atoms with van der Waals surface area (Å²) in [5.74, 6) is 0. The van der Waals surface area contributed by atoms with Crippen LogP contribution in [0.15, 0.2) is 18.3 Å². The van der Waals surface area contributed by atoms with Crippen molar-refractivity contribution < 1.29 is 5.11 Å². The largest absolute Gasteiger partial charge is 0.386 e. The van der Waals surface area contributed by atoms with Gasteiger partial charge in [-0.3, -0.25) is 9.67 Å². The third-order valence-corrected chi connectivity index (χ3v) is 3.65. The van der Waals surface area contributed by atoms with Gasteiger partial charge in [0.15, 0.2) is 0 Å². The molecule has 0 saturated heterocycles. The lowest BCUT2D eigenvalue weighted by atomic mass is 10.1. The van der Waals surface area contributed by atoms with Gasteiger partial charge in [-0.25, -0.2) is 0 Å². The van der Waals surface area contributed by atoms with Crippen molar-refractivity contribution in [1.82, 2.24) is 14.8 Å². The molecule has 2 rings (SSSR count). The van der Waals surface area contributed by atoms with Gasteiger partial charge in [-0.2, -0.15) is 5.10 Å². The van der Waals surface area contributed by atoms with E-state index in [0.717, 1.165) is 11.4 Å². The Morgan fingerprint density at radius 3 is 2.68 bits per heavy atom. The van der Waals surface area contributed by atoms with Crippen LogP contribution in [0.1, 0.15) is 30.1 Å². The molecule has 1 atom stereocenters. The molecule has 2 aromatic rings. The van der Waals surface area contributed by atoms with Crippen LogP contribution in [0.25, 0.3) is 0 Å². The molecule has 0 aliphatic heterocycles. The summed E-state index contributed by atoms with van der Waals surface area (Å²) in [4.78, 5) is 4.11. The molecule has 19 heavy (non-hydrogen) atoms. The van der Waals surface area contributed by atoms with Crippen molar-refractivity contribution in [3.63, 3.8) is 0 Å². The number of aryl methyl sites for hydroxylation is 2. The zero-order valence-corrected chi connectivity index (χ0v) is 12.3. The Bertz CT molecular complexity index is 566. The first-order chi connectivity index (χ1) is 9.02. The van der Waals surface area contributed by atoms with Crippen LogP contribution in [0.5, 0.6) is 0 Å². The summed E-state index contributed by atoms with van der Waals surface area (Å²) in [5.41, 5.74) is 2.17. The summed E-state index contributed by atoms with van der Waals surface area (Å²) in [7, 11) is 0. The van der Waals surface area contributed by atoms with Gasteiger partial charge < -0.3 is 5.11 Å². The molecule has 1 unspecified atom stereocenters. The molecular formula is C13H15Cl2N3O. The second-order valence-electron chi connectivity index (χ2n) is 4.28. The van der Waals surface area contributed by atoms with Crippen LogP contribution in [0.3, 0.4) is 0 Å². The highest BCUT2D eigenvalue weighted by Gasteiger charge is 2.18. The third kappa shape index (κ3) is 3.08. The molecule has 0 bridgehead atoms. The van der Waals surface area contributed by atoms with Crippen LogP contribution in [-0.4, -0.2) is 19.9 Å². The van der Waals surface area contributed by atoms with Crippen LogP contribution in [0.4, 0.5) is 0 Å². The predicted molar refractivity (Wildman–Crippen MR) is 75.6 cm³/mol. The van der Waals surface area contributed by atoms with Gasteiger partial charge in [0, 0.05) is 19.2 Å². The molecule has 0 aromatic carbocycles. The minimum atomic E-state index is -0.726. The lowest BCUT2D eigenvalue weighted by molar-refractivity contribution is 0.170. The van der Waals surface area contributed by atoms with Crippen molar-refractivity contribution in [3.05, 3.63) is 45.5 Å². The highest BCUT2D eigenvalue weighted by atomic mass is 35.5. The second kappa shape index (κ2) is 5.90. The van der Waals surface area contributed by atoms with E-state index in [1.54, 1.807) is 16.8 Å². The topological polar surface area (TPSA) is 50.9 Å². The fraction of sp³-hybridized carbons (Fsp3) is 0.385. The van der Waals surface area contributed by atoms with Crippen molar-refractivity contribution in [3.8, 4) is 0 Å². The summed E-state index contributed by atoms with van der Waals surface area (Å²) in [5, 5.41) is 15.7. The molecule has 0 spiro atoms. The van der Waals surface area contributed by atoms with Crippen LogP contribution >= 0.6 is 23.2 Å². The number of pyridine rings is 1. The minimum Gasteiger partial charge on any atom is -0.386 e. The summed E-state index contributed by atoms with van der Waals surface area (Å²) < 4.78 is 1.80. The maximum Gasteiger partial charge on any atom is 0.101 e. The molecule has 0 amide bonds. The number of rotatable bonds is 4. The fourth-order valence-corrected chi connectivity index (χ4v) is 2.26. The highest BCUT2D eigenvalue weighted by molar-refractivity contribution is 6.31. The number of hydrogen-bond acceptors (Lipinski definition) is 3. The van der Waals surface area contributed by atoms with E-state index >= 15 is 0 Å². The zero-order valence-electron chi connectivity index (χ0n) is 10.8. The molecular weight excluding hydrogens is 285 g/mol. The van der Waals surface area contributed by atoms with Crippen molar-refractivity contribution >= 4 is 23.2 Å². The molecule has 2 aromatic heterocycles. The van der Waals surface area contributed by atoms with Gasteiger partial charge in [0.2, 0.25) is 0 Å². The van der Waals surface area contributed by atoms with E-state index in [4.69, 9.17) is 23.2 Å². The first-order valence-electron chi connectivity index (χ1n) is 6.04. The van der Waals surface area contributed by atoms with Gasteiger partial charge in [0.25, 0.3) is 0 Å². The molecule has 1 N–H and O–H groups in total. The van der Waals surface area contributed by atoms with E-state index in [-0.39, 0.29) is 0 Å². The van der Waals surface area contributed by atoms with Gasteiger partial charge >= 0.3 is 0 Å². The monoisotopic (exact) mass is 299 g/mol. The van der Waals surface area contributed by atoms with Crippen molar-refractivity contribution in [1.29, 1.82) is 0 Å². The van der Waals surface area contributed by atoms with Gasteiger partial charge in [0.05, 0.1) is 27.1 Å². The fourth-order valence-electron chi connectivity index (χ4n) is 1.94. The molecule has 4 nitrogen and oxygen atoms in total. The van der Waals surface area contributed by atoms with Gasteiger partial charge in [-0.15, -0.1) is 0 Å². The quantitative estimate of drug-likeness (QED) is 0.943. The van der Waals surface area contributed by atoms with Crippen LogP contribution < -0.4 is 0 Å². The molecule has 6 heteroatoms. The lowest BCUT2D eigenvalue weighted by Gasteiger charge is -2.11. The second-order valence-corrected chi connectivity index (χ2v) is 5.10. The van der Waals surface area contributed by atoms with Gasteiger partial charge in [-0.1, -0.05) is 23.2 Å². The molecule has 0 saturated carbocycles. The number of hydrogen-bond donors (Lipinski definition) is 1. The maximum absolute atomic E-state index is 10.2. The Labute approximate surface area is 122 Å². The van der Waals surface area contributed by atoms with Gasteiger partial charge in [0.1, 0.15) is 6.10 Å². The average Bonchev–Trinajstić information content (AvgIpc) is 2.67. The average molecular weight is 300 g/mol. The Balaban J connectivity index is 2.23. The maximum atomic E-state index is 10.2. The van der Waals surface area contributed by atoms with Crippen LogP contribution in [-0.2, 0) is 13.0 Å². The summed E-state index contributed by atoms with van der Waals surface area (Å²) in [6.07, 6.45) is 1.17. The third-order valence-electron chi connectivity index (χ3n) is 2.93. The van der Waals surface area contributed by atoms with Gasteiger partial charge in [-0.05, 0) is 26.0 Å². The minimum absolute atomic E-state index is 0.377.